The Labute approximate surface area is 113 Å². The predicted octanol–water partition coefficient (Wildman–Crippen LogP) is 0.806. The zero-order chi connectivity index (χ0) is 14.5. The van der Waals surface area contributed by atoms with E-state index >= 15 is 0 Å². The van der Waals surface area contributed by atoms with Crippen molar-refractivity contribution in [1.82, 2.24) is 4.72 Å². The number of aliphatic hydroxyl groups excluding tert-OH is 1. The fraction of sp³-hybridized carbons (Fsp3) is 0.462. The van der Waals surface area contributed by atoms with E-state index in [1.807, 2.05) is 0 Å². The summed E-state index contributed by atoms with van der Waals surface area (Å²) in [5.41, 5.74) is 0.359. The zero-order valence-electron chi connectivity index (χ0n) is 11.0. The van der Waals surface area contributed by atoms with Crippen LogP contribution in [0.25, 0.3) is 0 Å². The molecule has 0 radical (unpaired) electrons. The van der Waals surface area contributed by atoms with Gasteiger partial charge >= 0.3 is 0 Å². The number of hydrogen-bond acceptors (Lipinski definition) is 4. The van der Waals surface area contributed by atoms with E-state index in [1.165, 1.54) is 0 Å². The van der Waals surface area contributed by atoms with Crippen LogP contribution in [0.5, 0.6) is 0 Å². The third kappa shape index (κ3) is 5.10. The summed E-state index contributed by atoms with van der Waals surface area (Å²) in [7, 11) is -3.74. The van der Waals surface area contributed by atoms with Crippen LogP contribution in [0.3, 0.4) is 0 Å². The highest BCUT2D eigenvalue weighted by molar-refractivity contribution is 7.90. The highest BCUT2D eigenvalue weighted by Gasteiger charge is 2.23. The fourth-order valence-corrected chi connectivity index (χ4v) is 2.94. The van der Waals surface area contributed by atoms with Crippen molar-refractivity contribution >= 4 is 15.8 Å². The van der Waals surface area contributed by atoms with Crippen molar-refractivity contribution in [3.63, 3.8) is 0 Å². The molecule has 6 heteroatoms. The summed E-state index contributed by atoms with van der Waals surface area (Å²) in [6.45, 7) is 3.29. The summed E-state index contributed by atoms with van der Waals surface area (Å²) in [5, 5.41) is 9.10. The van der Waals surface area contributed by atoms with Gasteiger partial charge in [0.15, 0.2) is 5.78 Å². The molecule has 0 aromatic heterocycles. The normalized spacial score (nSPS) is 13.5. The smallest absolute Gasteiger partial charge is 0.219 e. The Kier molecular flexibility index (Phi) is 5.65. The van der Waals surface area contributed by atoms with E-state index in [-0.39, 0.29) is 12.5 Å². The maximum atomic E-state index is 11.8. The largest absolute Gasteiger partial charge is 0.395 e. The van der Waals surface area contributed by atoms with Crippen LogP contribution in [0.2, 0.25) is 0 Å². The Balaban J connectivity index is 2.72. The molecule has 0 saturated carbocycles. The molecule has 19 heavy (non-hydrogen) atoms. The summed E-state index contributed by atoms with van der Waals surface area (Å²) in [6, 6.07) is 7.68. The van der Waals surface area contributed by atoms with Crippen molar-refractivity contribution in [3.05, 3.63) is 35.9 Å². The van der Waals surface area contributed by atoms with Gasteiger partial charge in [-0.3, -0.25) is 4.79 Å². The van der Waals surface area contributed by atoms with Gasteiger partial charge in [-0.1, -0.05) is 44.2 Å². The van der Waals surface area contributed by atoms with Crippen LogP contribution < -0.4 is 4.72 Å². The molecule has 0 aliphatic heterocycles. The van der Waals surface area contributed by atoms with Crippen LogP contribution in [0.4, 0.5) is 0 Å². The van der Waals surface area contributed by atoms with Crippen molar-refractivity contribution in [2.24, 2.45) is 5.92 Å². The van der Waals surface area contributed by atoms with Crippen LogP contribution in [0.15, 0.2) is 30.3 Å². The first kappa shape index (κ1) is 15.8. The quantitative estimate of drug-likeness (QED) is 0.726. The van der Waals surface area contributed by atoms with Gasteiger partial charge in [0, 0.05) is 11.6 Å². The van der Waals surface area contributed by atoms with Gasteiger partial charge in [-0.15, -0.1) is 0 Å². The molecule has 1 aromatic rings. The lowest BCUT2D eigenvalue weighted by molar-refractivity contribution is 0.102. The second-order valence-corrected chi connectivity index (χ2v) is 6.45. The van der Waals surface area contributed by atoms with Crippen molar-refractivity contribution in [3.8, 4) is 0 Å². The van der Waals surface area contributed by atoms with Crippen molar-refractivity contribution in [2.75, 3.05) is 12.4 Å². The fourth-order valence-electron chi connectivity index (χ4n) is 1.54. The van der Waals surface area contributed by atoms with E-state index in [2.05, 4.69) is 4.72 Å². The molecule has 1 atom stereocenters. The first-order valence-electron chi connectivity index (χ1n) is 6.05. The van der Waals surface area contributed by atoms with Gasteiger partial charge in [0.1, 0.15) is 5.75 Å². The van der Waals surface area contributed by atoms with E-state index in [4.69, 9.17) is 5.11 Å². The van der Waals surface area contributed by atoms with Crippen LogP contribution in [-0.4, -0.2) is 37.7 Å². The number of Topliss-reactive ketones (excluding diaryl/α,β-unsaturated/α-hetero) is 1. The molecule has 106 valence electrons. The summed E-state index contributed by atoms with van der Waals surface area (Å²) in [6.07, 6.45) is 0. The highest BCUT2D eigenvalue weighted by atomic mass is 32.2. The number of nitrogens with one attached hydrogen (secondary N) is 1. The zero-order valence-corrected chi connectivity index (χ0v) is 11.9. The number of benzene rings is 1. The van der Waals surface area contributed by atoms with Crippen LogP contribution in [0.1, 0.15) is 24.2 Å². The van der Waals surface area contributed by atoms with Gasteiger partial charge in [0.2, 0.25) is 10.0 Å². The van der Waals surface area contributed by atoms with Gasteiger partial charge in [-0.2, -0.15) is 0 Å². The lowest BCUT2D eigenvalue weighted by Crippen LogP contribution is -2.43. The number of carbonyl (C=O) groups excluding carboxylic acids is 1. The third-order valence-electron chi connectivity index (χ3n) is 2.75. The van der Waals surface area contributed by atoms with E-state index in [0.717, 1.165) is 0 Å². The topological polar surface area (TPSA) is 83.5 Å². The van der Waals surface area contributed by atoms with E-state index in [0.29, 0.717) is 5.56 Å². The average molecular weight is 285 g/mol. The molecular weight excluding hydrogens is 266 g/mol. The minimum atomic E-state index is -3.74. The minimum Gasteiger partial charge on any atom is -0.395 e. The molecule has 0 unspecified atom stereocenters. The van der Waals surface area contributed by atoms with Crippen LogP contribution in [-0.2, 0) is 10.0 Å². The summed E-state index contributed by atoms with van der Waals surface area (Å²) in [5.74, 6) is -1.12. The molecule has 2 N–H and O–H groups in total. The number of aliphatic hydroxyl groups is 1. The summed E-state index contributed by atoms with van der Waals surface area (Å²) < 4.78 is 26.0. The molecule has 0 heterocycles. The van der Waals surface area contributed by atoms with Gasteiger partial charge < -0.3 is 5.11 Å². The van der Waals surface area contributed by atoms with E-state index < -0.39 is 27.6 Å². The lowest BCUT2D eigenvalue weighted by atomic mass is 10.1. The summed E-state index contributed by atoms with van der Waals surface area (Å²) >= 11 is 0. The lowest BCUT2D eigenvalue weighted by Gasteiger charge is -2.19. The van der Waals surface area contributed by atoms with Crippen molar-refractivity contribution < 1.29 is 18.3 Å². The predicted molar refractivity (Wildman–Crippen MR) is 73.4 cm³/mol. The van der Waals surface area contributed by atoms with Gasteiger partial charge in [-0.25, -0.2) is 13.1 Å². The first-order chi connectivity index (χ1) is 8.85. The Hall–Kier alpha value is -1.24. The second-order valence-electron chi connectivity index (χ2n) is 4.70. The molecule has 1 rings (SSSR count). The maximum absolute atomic E-state index is 11.8. The second kappa shape index (κ2) is 6.79. The molecule has 0 saturated heterocycles. The SMILES string of the molecule is CC(C)[C@@H](CO)NS(=O)(=O)CC(=O)c1ccccc1. The van der Waals surface area contributed by atoms with Crippen LogP contribution in [0, 0.1) is 5.92 Å². The highest BCUT2D eigenvalue weighted by Crippen LogP contribution is 2.05. The van der Waals surface area contributed by atoms with Crippen molar-refractivity contribution in [2.45, 2.75) is 19.9 Å². The number of rotatable bonds is 7. The molecule has 0 aliphatic rings. The minimum absolute atomic E-state index is 0.0494. The number of carbonyl (C=O) groups is 1. The van der Waals surface area contributed by atoms with Gasteiger partial charge in [0.05, 0.1) is 6.61 Å². The molecule has 0 spiro atoms. The first-order valence-corrected chi connectivity index (χ1v) is 7.70. The number of sulfonamides is 1. The number of ketones is 1. The molecule has 0 aliphatic carbocycles. The molecule has 0 amide bonds. The monoisotopic (exact) mass is 285 g/mol. The summed E-state index contributed by atoms with van der Waals surface area (Å²) in [4.78, 5) is 11.8. The average Bonchev–Trinajstić information content (AvgIpc) is 2.36. The molecule has 0 fully saturated rings. The third-order valence-corrected chi connectivity index (χ3v) is 4.05. The molecule has 1 aromatic carbocycles. The maximum Gasteiger partial charge on any atom is 0.219 e. The Bertz CT molecular complexity index is 511. The molecule has 5 nitrogen and oxygen atoms in total. The number of hydrogen-bond donors (Lipinski definition) is 2. The standard InChI is InChI=1S/C13H19NO4S/c1-10(2)12(8-15)14-19(17,18)9-13(16)11-6-4-3-5-7-11/h3-7,10,12,14-15H,8-9H2,1-2H3/t12-/m1/s1. The van der Waals surface area contributed by atoms with Crippen LogP contribution >= 0.6 is 0 Å². The Morgan fingerprint density at radius 2 is 1.84 bits per heavy atom. The Morgan fingerprint density at radius 3 is 2.32 bits per heavy atom. The van der Waals surface area contributed by atoms with Crippen molar-refractivity contribution in [1.29, 1.82) is 0 Å². The van der Waals surface area contributed by atoms with E-state index in [1.54, 1.807) is 44.2 Å². The molecule has 0 bridgehead atoms. The Morgan fingerprint density at radius 1 is 1.26 bits per heavy atom. The van der Waals surface area contributed by atoms with E-state index in [9.17, 15) is 13.2 Å². The van der Waals surface area contributed by atoms with Gasteiger partial charge in [0.25, 0.3) is 0 Å². The molecular formula is C13H19NO4S. The van der Waals surface area contributed by atoms with Gasteiger partial charge in [-0.05, 0) is 5.92 Å².